The van der Waals surface area contributed by atoms with Crippen LogP contribution in [0.1, 0.15) is 61.8 Å². The number of nitrogens with zero attached hydrogens (tertiary/aromatic N) is 4. The summed E-state index contributed by atoms with van der Waals surface area (Å²) in [5, 5.41) is 3.71. The first-order chi connectivity index (χ1) is 14.8. The molecule has 0 saturated carbocycles. The third-order valence-electron chi connectivity index (χ3n) is 6.92. The Bertz CT molecular complexity index is 829. The molecule has 5 heteroatoms. The van der Waals surface area contributed by atoms with Crippen LogP contribution in [0.4, 0.5) is 11.8 Å². The van der Waals surface area contributed by atoms with Crippen molar-refractivity contribution in [3.8, 4) is 0 Å². The zero-order valence-corrected chi connectivity index (χ0v) is 18.2. The van der Waals surface area contributed by atoms with Gasteiger partial charge in [-0.15, -0.1) is 0 Å². The zero-order valence-electron chi connectivity index (χ0n) is 18.2. The van der Waals surface area contributed by atoms with Gasteiger partial charge < -0.3 is 10.2 Å². The quantitative estimate of drug-likeness (QED) is 0.798. The van der Waals surface area contributed by atoms with E-state index in [9.17, 15) is 0 Å². The summed E-state index contributed by atoms with van der Waals surface area (Å²) in [6.45, 7) is 5.53. The average Bonchev–Trinajstić information content (AvgIpc) is 3.04. The molecule has 0 radical (unpaired) electrons. The van der Waals surface area contributed by atoms with Gasteiger partial charge >= 0.3 is 0 Å². The Labute approximate surface area is 180 Å². The zero-order chi connectivity index (χ0) is 20.2. The number of anilines is 2. The Balaban J connectivity index is 1.30. The monoisotopic (exact) mass is 405 g/mol. The molecule has 3 aliphatic rings. The standard InChI is InChI=1S/C25H35N5/c1-2-9-16-30(15-8-1)24-22-12-6-7-13-23(22)27-25(28-24)26-21-14-17-29(19-21)18-20-10-4-3-5-11-20/h3-5,10-11,21H,1-2,6-9,12-19H2,(H,26,27,28). The maximum absolute atomic E-state index is 5.11. The summed E-state index contributed by atoms with van der Waals surface area (Å²) in [5.74, 6) is 2.10. The summed E-state index contributed by atoms with van der Waals surface area (Å²) in [6, 6.07) is 11.2. The molecule has 0 bridgehead atoms. The molecule has 1 N–H and O–H groups in total. The van der Waals surface area contributed by atoms with Crippen molar-refractivity contribution < 1.29 is 0 Å². The topological polar surface area (TPSA) is 44.3 Å². The average molecular weight is 406 g/mol. The molecule has 160 valence electrons. The number of likely N-dealkylation sites (tertiary alicyclic amines) is 1. The molecule has 1 unspecified atom stereocenters. The maximum Gasteiger partial charge on any atom is 0.225 e. The van der Waals surface area contributed by atoms with E-state index in [-0.39, 0.29) is 0 Å². The third-order valence-corrected chi connectivity index (χ3v) is 6.92. The Morgan fingerprint density at radius 3 is 2.50 bits per heavy atom. The Morgan fingerprint density at radius 1 is 0.867 bits per heavy atom. The van der Waals surface area contributed by atoms with Crippen molar-refractivity contribution in [2.75, 3.05) is 36.4 Å². The third kappa shape index (κ3) is 4.61. The molecule has 5 nitrogen and oxygen atoms in total. The van der Waals surface area contributed by atoms with Crippen molar-refractivity contribution in [2.45, 2.75) is 70.4 Å². The molecular weight excluding hydrogens is 370 g/mol. The van der Waals surface area contributed by atoms with Crippen LogP contribution in [-0.4, -0.2) is 47.1 Å². The van der Waals surface area contributed by atoms with Gasteiger partial charge in [-0.05, 0) is 50.5 Å². The number of hydrogen-bond acceptors (Lipinski definition) is 5. The largest absolute Gasteiger partial charge is 0.356 e. The van der Waals surface area contributed by atoms with E-state index in [2.05, 4.69) is 45.4 Å². The van der Waals surface area contributed by atoms with Crippen LogP contribution < -0.4 is 10.2 Å². The fraction of sp³-hybridized carbons (Fsp3) is 0.600. The van der Waals surface area contributed by atoms with Gasteiger partial charge in [-0.2, -0.15) is 4.98 Å². The second-order valence-corrected chi connectivity index (χ2v) is 9.26. The molecule has 2 fully saturated rings. The summed E-state index contributed by atoms with van der Waals surface area (Å²) in [6.07, 6.45) is 11.2. The smallest absolute Gasteiger partial charge is 0.225 e. The summed E-state index contributed by atoms with van der Waals surface area (Å²) in [4.78, 5) is 15.2. The summed E-state index contributed by atoms with van der Waals surface area (Å²) < 4.78 is 0. The van der Waals surface area contributed by atoms with Gasteiger partial charge in [0.25, 0.3) is 0 Å². The number of aryl methyl sites for hydroxylation is 1. The maximum atomic E-state index is 5.11. The number of nitrogens with one attached hydrogen (secondary N) is 1. The molecule has 1 atom stereocenters. The van der Waals surface area contributed by atoms with Crippen LogP contribution in [0.3, 0.4) is 0 Å². The predicted molar refractivity (Wildman–Crippen MR) is 123 cm³/mol. The lowest BCUT2D eigenvalue weighted by atomic mass is 9.96. The summed E-state index contributed by atoms with van der Waals surface area (Å²) in [7, 11) is 0. The van der Waals surface area contributed by atoms with Crippen molar-refractivity contribution >= 4 is 11.8 Å². The van der Waals surface area contributed by atoms with Gasteiger partial charge in [-0.1, -0.05) is 43.2 Å². The molecule has 1 aromatic heterocycles. The number of benzene rings is 1. The highest BCUT2D eigenvalue weighted by Gasteiger charge is 2.26. The Hall–Kier alpha value is -2.14. The van der Waals surface area contributed by atoms with Gasteiger partial charge in [-0.25, -0.2) is 4.98 Å². The van der Waals surface area contributed by atoms with Crippen LogP contribution in [0.25, 0.3) is 0 Å². The van der Waals surface area contributed by atoms with E-state index < -0.39 is 0 Å². The normalized spacial score (nSPS) is 22.5. The molecule has 2 saturated heterocycles. The van der Waals surface area contributed by atoms with Crippen LogP contribution in [0.15, 0.2) is 30.3 Å². The van der Waals surface area contributed by atoms with Crippen LogP contribution >= 0.6 is 0 Å². The van der Waals surface area contributed by atoms with Gasteiger partial charge in [0.15, 0.2) is 0 Å². The van der Waals surface area contributed by atoms with E-state index in [4.69, 9.17) is 9.97 Å². The van der Waals surface area contributed by atoms with Crippen LogP contribution in [-0.2, 0) is 19.4 Å². The first-order valence-corrected chi connectivity index (χ1v) is 12.0. The fourth-order valence-electron chi connectivity index (χ4n) is 5.30. The molecule has 30 heavy (non-hydrogen) atoms. The molecule has 0 amide bonds. The molecule has 2 aliphatic heterocycles. The molecule has 3 heterocycles. The van der Waals surface area contributed by atoms with Crippen molar-refractivity contribution in [1.82, 2.24) is 14.9 Å². The first kappa shape index (κ1) is 19.8. The lowest BCUT2D eigenvalue weighted by molar-refractivity contribution is 0.328. The number of rotatable bonds is 5. The predicted octanol–water partition coefficient (Wildman–Crippen LogP) is 4.42. The highest BCUT2D eigenvalue weighted by molar-refractivity contribution is 5.54. The van der Waals surface area contributed by atoms with Crippen LogP contribution in [0, 0.1) is 0 Å². The van der Waals surface area contributed by atoms with Crippen LogP contribution in [0.5, 0.6) is 0 Å². The minimum absolute atomic E-state index is 0.437. The lowest BCUT2D eigenvalue weighted by Crippen LogP contribution is -2.30. The Morgan fingerprint density at radius 2 is 1.67 bits per heavy atom. The first-order valence-electron chi connectivity index (χ1n) is 12.0. The summed E-state index contributed by atoms with van der Waals surface area (Å²) in [5.41, 5.74) is 4.13. The Kier molecular flexibility index (Phi) is 6.16. The molecular formula is C25H35N5. The minimum atomic E-state index is 0.437. The van der Waals surface area contributed by atoms with E-state index >= 15 is 0 Å². The van der Waals surface area contributed by atoms with E-state index in [0.29, 0.717) is 6.04 Å². The van der Waals surface area contributed by atoms with Crippen molar-refractivity contribution in [2.24, 2.45) is 0 Å². The number of aromatic nitrogens is 2. The summed E-state index contributed by atoms with van der Waals surface area (Å²) >= 11 is 0. The van der Waals surface area contributed by atoms with E-state index in [1.54, 1.807) is 0 Å². The highest BCUT2D eigenvalue weighted by atomic mass is 15.3. The molecule has 1 aliphatic carbocycles. The number of fused-ring (bicyclic) bond motifs is 1. The van der Waals surface area contributed by atoms with Crippen molar-refractivity contribution in [1.29, 1.82) is 0 Å². The number of hydrogen-bond donors (Lipinski definition) is 1. The van der Waals surface area contributed by atoms with E-state index in [1.807, 2.05) is 0 Å². The minimum Gasteiger partial charge on any atom is -0.356 e. The second-order valence-electron chi connectivity index (χ2n) is 9.26. The van der Waals surface area contributed by atoms with Crippen molar-refractivity contribution in [3.63, 3.8) is 0 Å². The lowest BCUT2D eigenvalue weighted by Gasteiger charge is -2.28. The molecule has 1 aromatic carbocycles. The van der Waals surface area contributed by atoms with Gasteiger partial charge in [0.2, 0.25) is 5.95 Å². The second kappa shape index (κ2) is 9.34. The van der Waals surface area contributed by atoms with Gasteiger partial charge in [0.1, 0.15) is 5.82 Å². The van der Waals surface area contributed by atoms with Crippen LogP contribution in [0.2, 0.25) is 0 Å². The fourth-order valence-corrected chi connectivity index (χ4v) is 5.30. The van der Waals surface area contributed by atoms with E-state index in [0.717, 1.165) is 57.9 Å². The highest BCUT2D eigenvalue weighted by Crippen LogP contribution is 2.31. The molecule has 0 spiro atoms. The van der Waals surface area contributed by atoms with E-state index in [1.165, 1.54) is 61.2 Å². The molecule has 5 rings (SSSR count). The SMILES string of the molecule is c1ccc(CN2CCC(Nc3nc4c(c(N5CCCCCC5)n3)CCCC4)C2)cc1. The molecule has 2 aromatic rings. The van der Waals surface area contributed by atoms with Gasteiger partial charge in [0, 0.05) is 44.3 Å². The van der Waals surface area contributed by atoms with Gasteiger partial charge in [0.05, 0.1) is 5.69 Å². The van der Waals surface area contributed by atoms with Gasteiger partial charge in [-0.3, -0.25) is 4.90 Å². The van der Waals surface area contributed by atoms with Crippen molar-refractivity contribution in [3.05, 3.63) is 47.2 Å².